The van der Waals surface area contributed by atoms with Crippen molar-refractivity contribution in [1.82, 2.24) is 19.5 Å². The summed E-state index contributed by atoms with van der Waals surface area (Å²) in [6.07, 6.45) is 0. The van der Waals surface area contributed by atoms with Gasteiger partial charge >= 0.3 is 0 Å². The minimum Gasteiger partial charge on any atom is -0.455 e. The lowest BCUT2D eigenvalue weighted by Gasteiger charge is -2.12. The summed E-state index contributed by atoms with van der Waals surface area (Å²) in [5.74, 6) is 1.82. The van der Waals surface area contributed by atoms with Crippen molar-refractivity contribution in [2.45, 2.75) is 0 Å². The number of nitrogens with zero attached hydrogens (tertiary/aromatic N) is 4. The minimum absolute atomic E-state index is 0.584. The Kier molecular flexibility index (Phi) is 7.16. The molecule has 0 radical (unpaired) electrons. The molecule has 3 heterocycles. The number of furan rings is 1. The Hall–Kier alpha value is -7.89. The van der Waals surface area contributed by atoms with Crippen LogP contribution >= 0.6 is 0 Å². The normalized spacial score (nSPS) is 11.8. The van der Waals surface area contributed by atoms with Crippen molar-refractivity contribution in [3.05, 3.63) is 194 Å². The van der Waals surface area contributed by atoms with E-state index in [1.165, 1.54) is 32.4 Å². The third-order valence-corrected chi connectivity index (χ3v) is 11.4. The molecule has 0 spiro atoms. The van der Waals surface area contributed by atoms with E-state index in [0.717, 1.165) is 66.3 Å². The summed E-state index contributed by atoms with van der Waals surface area (Å²) >= 11 is 0. The van der Waals surface area contributed by atoms with E-state index in [1.807, 2.05) is 30.3 Å². The van der Waals surface area contributed by atoms with E-state index >= 15 is 0 Å². The molecule has 0 saturated carbocycles. The van der Waals surface area contributed by atoms with Gasteiger partial charge in [-0.25, -0.2) is 15.0 Å². The predicted octanol–water partition coefficient (Wildman–Crippen LogP) is 13.8. The van der Waals surface area contributed by atoms with E-state index in [0.29, 0.717) is 17.5 Å². The number of benzene rings is 9. The molecular weight excluding hydrogens is 709 g/mol. The maximum Gasteiger partial charge on any atom is 0.164 e. The van der Waals surface area contributed by atoms with E-state index in [9.17, 15) is 0 Å². The fraction of sp³-hybridized carbons (Fsp3) is 0. The van der Waals surface area contributed by atoms with Crippen LogP contribution < -0.4 is 0 Å². The fourth-order valence-corrected chi connectivity index (χ4v) is 8.58. The molecule has 270 valence electrons. The zero-order valence-corrected chi connectivity index (χ0v) is 31.2. The molecule has 5 heteroatoms. The first-order valence-corrected chi connectivity index (χ1v) is 19.5. The molecule has 0 aliphatic heterocycles. The Balaban J connectivity index is 1.08. The highest BCUT2D eigenvalue weighted by Gasteiger charge is 2.20. The molecule has 12 rings (SSSR count). The Bertz CT molecular complexity index is 3570. The molecule has 58 heavy (non-hydrogen) atoms. The van der Waals surface area contributed by atoms with Crippen LogP contribution in [0.5, 0.6) is 0 Å². The van der Waals surface area contributed by atoms with Crippen LogP contribution in [0, 0.1) is 0 Å². The molecular formula is C53H32N4O. The average molecular weight is 741 g/mol. The molecule has 0 bridgehead atoms. The molecule has 0 amide bonds. The molecule has 9 aromatic carbocycles. The van der Waals surface area contributed by atoms with Crippen LogP contribution in [0.25, 0.3) is 116 Å². The zero-order valence-electron chi connectivity index (χ0n) is 31.2. The number of para-hydroxylation sites is 1. The molecule has 0 aliphatic rings. The van der Waals surface area contributed by atoms with Gasteiger partial charge in [0, 0.05) is 49.5 Å². The molecule has 3 aromatic heterocycles. The van der Waals surface area contributed by atoms with Crippen molar-refractivity contribution in [3.8, 4) is 51.0 Å². The second-order valence-corrected chi connectivity index (χ2v) is 14.9. The Labute approximate surface area is 333 Å². The molecule has 5 nitrogen and oxygen atoms in total. The van der Waals surface area contributed by atoms with E-state index in [4.69, 9.17) is 19.4 Å². The van der Waals surface area contributed by atoms with Crippen LogP contribution in [-0.2, 0) is 0 Å². The highest BCUT2D eigenvalue weighted by molar-refractivity contribution is 6.15. The van der Waals surface area contributed by atoms with Gasteiger partial charge in [0.2, 0.25) is 0 Å². The van der Waals surface area contributed by atoms with Gasteiger partial charge in [-0.15, -0.1) is 0 Å². The van der Waals surface area contributed by atoms with Gasteiger partial charge < -0.3 is 8.98 Å². The topological polar surface area (TPSA) is 56.7 Å². The summed E-state index contributed by atoms with van der Waals surface area (Å²) in [5.41, 5.74) is 9.83. The summed E-state index contributed by atoms with van der Waals surface area (Å²) in [6.45, 7) is 0. The van der Waals surface area contributed by atoms with Crippen LogP contribution in [0.2, 0.25) is 0 Å². The average Bonchev–Trinajstić information content (AvgIpc) is 3.83. The summed E-state index contributed by atoms with van der Waals surface area (Å²) in [7, 11) is 0. The molecule has 12 aromatic rings. The van der Waals surface area contributed by atoms with Gasteiger partial charge in [-0.1, -0.05) is 146 Å². The highest BCUT2D eigenvalue weighted by atomic mass is 16.3. The van der Waals surface area contributed by atoms with Crippen LogP contribution in [0.4, 0.5) is 0 Å². The van der Waals surface area contributed by atoms with E-state index in [-0.39, 0.29) is 0 Å². The molecule has 0 aliphatic carbocycles. The summed E-state index contributed by atoms with van der Waals surface area (Å²) < 4.78 is 9.31. The fourth-order valence-electron chi connectivity index (χ4n) is 8.58. The molecule has 0 saturated heterocycles. The Morgan fingerprint density at radius 3 is 1.69 bits per heavy atom. The minimum atomic E-state index is 0.584. The zero-order chi connectivity index (χ0) is 38.2. The van der Waals surface area contributed by atoms with Crippen molar-refractivity contribution in [2.75, 3.05) is 0 Å². The SMILES string of the molecule is c1ccc(-c2nc(-c3ccc4ccccc4c3)nc(-c3ccc4c(c3)oc3c(-c5ccccc5)cc(-n5c6ccccc6c6cc7ccccc7cc65)cc34)n2)cc1. The second kappa shape index (κ2) is 12.8. The largest absolute Gasteiger partial charge is 0.455 e. The number of hydrogen-bond donors (Lipinski definition) is 0. The lowest BCUT2D eigenvalue weighted by molar-refractivity contribution is 0.670. The van der Waals surface area contributed by atoms with Gasteiger partial charge in [-0.05, 0) is 75.6 Å². The van der Waals surface area contributed by atoms with Gasteiger partial charge in [0.1, 0.15) is 11.2 Å². The van der Waals surface area contributed by atoms with E-state index < -0.39 is 0 Å². The number of hydrogen-bond acceptors (Lipinski definition) is 4. The maximum atomic E-state index is 6.90. The Morgan fingerprint density at radius 2 is 0.931 bits per heavy atom. The van der Waals surface area contributed by atoms with Crippen molar-refractivity contribution >= 4 is 65.3 Å². The Morgan fingerprint density at radius 1 is 0.345 bits per heavy atom. The van der Waals surface area contributed by atoms with Crippen molar-refractivity contribution in [1.29, 1.82) is 0 Å². The van der Waals surface area contributed by atoms with Gasteiger partial charge in [0.15, 0.2) is 17.5 Å². The standard InChI is InChI=1S/C53H32N4O/c1-3-14-34(15-4-1)44-31-41(57-47-22-12-11-21-42(47)45-28-37-19-9-10-20-38(37)29-48(45)57)32-46-43-26-25-40(30-49(43)58-50(44)46)53-55-51(35-16-5-2-6-17-35)54-52(56-53)39-24-23-33-13-7-8-18-36(33)27-39/h1-32H. The molecule has 0 atom stereocenters. The van der Waals surface area contributed by atoms with Crippen LogP contribution in [0.1, 0.15) is 0 Å². The third kappa shape index (κ3) is 5.21. The van der Waals surface area contributed by atoms with Crippen molar-refractivity contribution in [3.63, 3.8) is 0 Å². The predicted molar refractivity (Wildman–Crippen MR) is 238 cm³/mol. The first-order valence-electron chi connectivity index (χ1n) is 19.5. The highest BCUT2D eigenvalue weighted by Crippen LogP contribution is 2.42. The van der Waals surface area contributed by atoms with Crippen LogP contribution in [0.3, 0.4) is 0 Å². The smallest absolute Gasteiger partial charge is 0.164 e. The summed E-state index contributed by atoms with van der Waals surface area (Å²) in [6, 6.07) is 68.1. The first-order chi connectivity index (χ1) is 28.7. The monoisotopic (exact) mass is 740 g/mol. The quantitative estimate of drug-likeness (QED) is 0.176. The van der Waals surface area contributed by atoms with Gasteiger partial charge in [-0.2, -0.15) is 0 Å². The lowest BCUT2D eigenvalue weighted by Crippen LogP contribution is -2.00. The molecule has 0 fully saturated rings. The van der Waals surface area contributed by atoms with Crippen LogP contribution in [-0.4, -0.2) is 19.5 Å². The van der Waals surface area contributed by atoms with Gasteiger partial charge in [0.05, 0.1) is 11.0 Å². The second-order valence-electron chi connectivity index (χ2n) is 14.9. The van der Waals surface area contributed by atoms with E-state index in [2.05, 4.69) is 168 Å². The third-order valence-electron chi connectivity index (χ3n) is 11.4. The van der Waals surface area contributed by atoms with Gasteiger partial charge in [-0.3, -0.25) is 0 Å². The first kappa shape index (κ1) is 32.4. The van der Waals surface area contributed by atoms with Crippen LogP contribution in [0.15, 0.2) is 199 Å². The lowest BCUT2D eigenvalue weighted by atomic mass is 10.0. The van der Waals surface area contributed by atoms with E-state index in [1.54, 1.807) is 0 Å². The molecule has 0 N–H and O–H groups in total. The molecule has 0 unspecified atom stereocenters. The van der Waals surface area contributed by atoms with Gasteiger partial charge in [0.25, 0.3) is 0 Å². The van der Waals surface area contributed by atoms with Crippen molar-refractivity contribution in [2.24, 2.45) is 0 Å². The number of fused-ring (bicyclic) bond motifs is 8. The maximum absolute atomic E-state index is 6.90. The summed E-state index contributed by atoms with van der Waals surface area (Å²) in [4.78, 5) is 15.1. The summed E-state index contributed by atoms with van der Waals surface area (Å²) in [5, 5.41) is 9.27. The number of rotatable bonds is 5. The number of aromatic nitrogens is 4. The van der Waals surface area contributed by atoms with Crippen molar-refractivity contribution < 1.29 is 4.42 Å².